The summed E-state index contributed by atoms with van der Waals surface area (Å²) in [5.74, 6) is 0.484. The first kappa shape index (κ1) is 15.8. The number of fused-ring (bicyclic) bond motifs is 1. The topological polar surface area (TPSA) is 76.7 Å². The van der Waals surface area contributed by atoms with Gasteiger partial charge in [0.15, 0.2) is 0 Å². The van der Waals surface area contributed by atoms with Gasteiger partial charge in [-0.05, 0) is 61.2 Å². The zero-order valence-electron chi connectivity index (χ0n) is 13.8. The Morgan fingerprint density at radius 3 is 2.88 bits per heavy atom. The number of hydrogen-bond acceptors (Lipinski definition) is 6. The first-order valence-corrected chi connectivity index (χ1v) is 8.41. The summed E-state index contributed by atoms with van der Waals surface area (Å²) in [6.07, 6.45) is 4.67. The van der Waals surface area contributed by atoms with E-state index in [-0.39, 0.29) is 11.3 Å². The van der Waals surface area contributed by atoms with Gasteiger partial charge in [-0.25, -0.2) is 9.97 Å². The quantitative estimate of drug-likeness (QED) is 0.715. The summed E-state index contributed by atoms with van der Waals surface area (Å²) in [5.41, 5.74) is 5.05. The molecule has 0 saturated heterocycles. The van der Waals surface area contributed by atoms with Gasteiger partial charge < -0.3 is 9.73 Å². The van der Waals surface area contributed by atoms with E-state index in [0.29, 0.717) is 11.9 Å². The van der Waals surface area contributed by atoms with Crippen LogP contribution in [0.2, 0.25) is 5.28 Å². The first-order valence-electron chi connectivity index (χ1n) is 8.03. The van der Waals surface area contributed by atoms with Crippen molar-refractivity contribution in [2.24, 2.45) is 0 Å². The van der Waals surface area contributed by atoms with E-state index in [2.05, 4.69) is 43.7 Å². The van der Waals surface area contributed by atoms with Gasteiger partial charge >= 0.3 is 6.01 Å². The molecule has 2 heterocycles. The van der Waals surface area contributed by atoms with Crippen molar-refractivity contribution in [2.75, 3.05) is 5.32 Å². The van der Waals surface area contributed by atoms with E-state index in [4.69, 9.17) is 16.0 Å². The lowest BCUT2D eigenvalue weighted by Gasteiger charge is -2.07. The molecular weight excluding hydrogens is 338 g/mol. The molecule has 7 heteroatoms. The van der Waals surface area contributed by atoms with Gasteiger partial charge in [0, 0.05) is 23.4 Å². The minimum Gasteiger partial charge on any atom is -0.403 e. The van der Waals surface area contributed by atoms with E-state index in [1.807, 2.05) is 26.0 Å². The Kier molecular flexibility index (Phi) is 3.97. The number of halogens is 1. The van der Waals surface area contributed by atoms with Crippen molar-refractivity contribution in [1.29, 1.82) is 0 Å². The molecule has 0 bridgehead atoms. The molecule has 1 aliphatic rings. The van der Waals surface area contributed by atoms with Crippen LogP contribution in [0.1, 0.15) is 30.7 Å². The summed E-state index contributed by atoms with van der Waals surface area (Å²) in [6, 6.07) is 8.63. The van der Waals surface area contributed by atoms with E-state index < -0.39 is 0 Å². The van der Waals surface area contributed by atoms with Crippen LogP contribution in [0.4, 0.5) is 6.01 Å². The standard InChI is InChI=1S/C18H16ClN5O/c1-10(2)21-18-24-23-16(25-18)12-4-3-11-5-6-13(14(11)9-12)15-7-8-20-17(19)22-15/h3-4,6-10H,5H2,1-2H3,(H,21,24). The van der Waals surface area contributed by atoms with Crippen LogP contribution in [0, 0.1) is 0 Å². The van der Waals surface area contributed by atoms with Gasteiger partial charge in [0.1, 0.15) is 0 Å². The molecule has 0 amide bonds. The van der Waals surface area contributed by atoms with Crippen LogP contribution < -0.4 is 5.32 Å². The minimum atomic E-state index is 0.227. The minimum absolute atomic E-state index is 0.227. The van der Waals surface area contributed by atoms with Crippen LogP contribution in [0.25, 0.3) is 17.0 Å². The maximum atomic E-state index is 5.93. The van der Waals surface area contributed by atoms with Crippen molar-refractivity contribution >= 4 is 23.2 Å². The van der Waals surface area contributed by atoms with Crippen LogP contribution in [0.3, 0.4) is 0 Å². The molecule has 25 heavy (non-hydrogen) atoms. The predicted molar refractivity (Wildman–Crippen MR) is 96.3 cm³/mol. The van der Waals surface area contributed by atoms with Gasteiger partial charge in [0.25, 0.3) is 0 Å². The number of rotatable bonds is 4. The van der Waals surface area contributed by atoms with Crippen molar-refractivity contribution < 1.29 is 4.42 Å². The van der Waals surface area contributed by atoms with Crippen LogP contribution in [0.15, 0.2) is 41.0 Å². The zero-order valence-corrected chi connectivity index (χ0v) is 14.6. The molecule has 1 aliphatic carbocycles. The van der Waals surface area contributed by atoms with Gasteiger partial charge in [-0.3, -0.25) is 0 Å². The average molecular weight is 354 g/mol. The van der Waals surface area contributed by atoms with Crippen molar-refractivity contribution in [3.63, 3.8) is 0 Å². The Bertz CT molecular complexity index is 964. The smallest absolute Gasteiger partial charge is 0.315 e. The molecular formula is C18H16ClN5O. The summed E-state index contributed by atoms with van der Waals surface area (Å²) in [7, 11) is 0. The van der Waals surface area contributed by atoms with Crippen LogP contribution in [-0.4, -0.2) is 26.2 Å². The molecule has 0 unspecified atom stereocenters. The predicted octanol–water partition coefficient (Wildman–Crippen LogP) is 3.99. The number of benzene rings is 1. The fraction of sp³-hybridized carbons (Fsp3) is 0.222. The second kappa shape index (κ2) is 6.29. The molecule has 0 radical (unpaired) electrons. The third kappa shape index (κ3) is 3.13. The number of allylic oxidation sites excluding steroid dienone is 1. The second-order valence-electron chi connectivity index (χ2n) is 6.12. The number of hydrogen-bond donors (Lipinski definition) is 1. The van der Waals surface area contributed by atoms with Crippen molar-refractivity contribution in [3.8, 4) is 11.5 Å². The lowest BCUT2D eigenvalue weighted by Crippen LogP contribution is -2.09. The highest BCUT2D eigenvalue weighted by Crippen LogP contribution is 2.35. The first-order chi connectivity index (χ1) is 12.1. The second-order valence-corrected chi connectivity index (χ2v) is 6.45. The van der Waals surface area contributed by atoms with Gasteiger partial charge in [-0.15, -0.1) is 5.10 Å². The normalized spacial score (nSPS) is 13.0. The molecule has 0 saturated carbocycles. The number of anilines is 1. The maximum Gasteiger partial charge on any atom is 0.315 e. The maximum absolute atomic E-state index is 5.93. The lowest BCUT2D eigenvalue weighted by molar-refractivity contribution is 0.574. The Labute approximate surface area is 150 Å². The molecule has 4 rings (SSSR count). The molecule has 3 aromatic rings. The molecule has 0 fully saturated rings. The van der Waals surface area contributed by atoms with Crippen LogP contribution in [0.5, 0.6) is 0 Å². The Morgan fingerprint density at radius 1 is 1.20 bits per heavy atom. The molecule has 0 aliphatic heterocycles. The highest BCUT2D eigenvalue weighted by atomic mass is 35.5. The zero-order chi connectivity index (χ0) is 17.4. The Hall–Kier alpha value is -2.73. The molecule has 2 aromatic heterocycles. The highest BCUT2D eigenvalue weighted by Gasteiger charge is 2.19. The van der Waals surface area contributed by atoms with Gasteiger partial charge in [-0.1, -0.05) is 17.2 Å². The van der Waals surface area contributed by atoms with Crippen molar-refractivity contribution in [1.82, 2.24) is 20.2 Å². The SMILES string of the molecule is CC(C)Nc1nnc(-c2ccc3c(c2)C(c2ccnc(Cl)n2)=CC3)o1. The third-order valence-electron chi connectivity index (χ3n) is 3.91. The van der Waals surface area contributed by atoms with E-state index in [1.54, 1.807) is 6.20 Å². The van der Waals surface area contributed by atoms with Gasteiger partial charge in [0.2, 0.25) is 11.2 Å². The summed E-state index contributed by atoms with van der Waals surface area (Å²) < 4.78 is 5.70. The van der Waals surface area contributed by atoms with Gasteiger partial charge in [0.05, 0.1) is 5.69 Å². The summed E-state index contributed by atoms with van der Waals surface area (Å²) >= 11 is 5.93. The van der Waals surface area contributed by atoms with Crippen molar-refractivity contribution in [3.05, 3.63) is 58.6 Å². The molecule has 1 N–H and O–H groups in total. The third-order valence-corrected chi connectivity index (χ3v) is 4.09. The van der Waals surface area contributed by atoms with Gasteiger partial charge in [-0.2, -0.15) is 0 Å². The van der Waals surface area contributed by atoms with Crippen molar-refractivity contribution in [2.45, 2.75) is 26.3 Å². The summed E-state index contributed by atoms with van der Waals surface area (Å²) in [4.78, 5) is 8.26. The molecule has 6 nitrogen and oxygen atoms in total. The Balaban J connectivity index is 1.69. The van der Waals surface area contributed by atoms with E-state index in [9.17, 15) is 0 Å². The fourth-order valence-corrected chi connectivity index (χ4v) is 2.98. The number of aromatic nitrogens is 4. The van der Waals surface area contributed by atoms with Crippen LogP contribution >= 0.6 is 11.6 Å². The lowest BCUT2D eigenvalue weighted by atomic mass is 10.0. The number of nitrogens with zero attached hydrogens (tertiary/aromatic N) is 4. The monoisotopic (exact) mass is 353 g/mol. The molecule has 0 atom stereocenters. The Morgan fingerprint density at radius 2 is 2.08 bits per heavy atom. The molecule has 1 aromatic carbocycles. The number of nitrogens with one attached hydrogen (secondary N) is 1. The van der Waals surface area contributed by atoms with E-state index >= 15 is 0 Å². The van der Waals surface area contributed by atoms with E-state index in [1.165, 1.54) is 5.56 Å². The molecule has 126 valence electrons. The summed E-state index contributed by atoms with van der Waals surface area (Å²) in [5, 5.41) is 11.5. The summed E-state index contributed by atoms with van der Waals surface area (Å²) in [6.45, 7) is 4.03. The molecule has 0 spiro atoms. The fourth-order valence-electron chi connectivity index (χ4n) is 2.83. The average Bonchev–Trinajstić information content (AvgIpc) is 3.20. The van der Waals surface area contributed by atoms with Crippen LogP contribution in [-0.2, 0) is 6.42 Å². The highest BCUT2D eigenvalue weighted by molar-refractivity contribution is 6.28. The van der Waals surface area contributed by atoms with E-state index in [0.717, 1.165) is 28.8 Å². The largest absolute Gasteiger partial charge is 0.403 e.